The Kier molecular flexibility index (Phi) is 5.26. The second kappa shape index (κ2) is 7.59. The molecule has 1 N–H and O–H groups in total. The number of nitrogens with zero attached hydrogens (tertiary/aromatic N) is 3. The number of aryl methyl sites for hydroxylation is 2. The fraction of sp³-hybridized carbons (Fsp3) is 0.474. The largest absolute Gasteiger partial charge is 0.495 e. The number of ether oxygens (including phenoxy) is 1. The molecule has 0 aliphatic carbocycles. The minimum atomic E-state index is 0.107. The van der Waals surface area contributed by atoms with Crippen LogP contribution < -0.4 is 15.0 Å². The molecule has 6 heteroatoms. The quantitative estimate of drug-likeness (QED) is 0.873. The van der Waals surface area contributed by atoms with Gasteiger partial charge in [0.1, 0.15) is 5.75 Å². The van der Waals surface area contributed by atoms with Gasteiger partial charge in [0.2, 0.25) is 5.91 Å². The van der Waals surface area contributed by atoms with E-state index in [2.05, 4.69) is 21.4 Å². The smallest absolute Gasteiger partial charge is 0.220 e. The van der Waals surface area contributed by atoms with Gasteiger partial charge in [0.05, 0.1) is 19.0 Å². The lowest BCUT2D eigenvalue weighted by molar-refractivity contribution is -0.121. The molecule has 25 heavy (non-hydrogen) atoms. The van der Waals surface area contributed by atoms with Gasteiger partial charge in [0, 0.05) is 38.3 Å². The molecule has 1 amide bonds. The molecule has 0 spiro atoms. The topological polar surface area (TPSA) is 59.4 Å². The van der Waals surface area contributed by atoms with Gasteiger partial charge >= 0.3 is 0 Å². The average molecular weight is 342 g/mol. The predicted molar refractivity (Wildman–Crippen MR) is 98.0 cm³/mol. The molecule has 134 valence electrons. The molecular formula is C19H26N4O2. The van der Waals surface area contributed by atoms with Gasteiger partial charge in [-0.25, -0.2) is 0 Å². The number of hydrogen-bond donors (Lipinski definition) is 1. The molecule has 1 aliphatic heterocycles. The van der Waals surface area contributed by atoms with Crippen LogP contribution in [0.5, 0.6) is 5.75 Å². The van der Waals surface area contributed by atoms with Crippen molar-refractivity contribution in [2.24, 2.45) is 7.05 Å². The summed E-state index contributed by atoms with van der Waals surface area (Å²) in [6, 6.07) is 8.21. The van der Waals surface area contributed by atoms with Gasteiger partial charge in [0.15, 0.2) is 0 Å². The van der Waals surface area contributed by atoms with Crippen molar-refractivity contribution in [1.29, 1.82) is 0 Å². The molecule has 2 aromatic rings. The number of carbonyl (C=O) groups is 1. The molecule has 0 radical (unpaired) electrons. The number of amides is 1. The lowest BCUT2D eigenvalue weighted by atomic mass is 10.1. The highest BCUT2D eigenvalue weighted by Gasteiger charge is 2.25. The van der Waals surface area contributed by atoms with E-state index in [1.54, 1.807) is 7.11 Å². The first-order valence-electron chi connectivity index (χ1n) is 8.73. The van der Waals surface area contributed by atoms with Crippen LogP contribution in [0.2, 0.25) is 0 Å². The molecule has 1 atom stereocenters. The molecule has 1 fully saturated rings. The lowest BCUT2D eigenvalue weighted by Crippen LogP contribution is -2.37. The predicted octanol–water partition coefficient (Wildman–Crippen LogP) is 2.06. The minimum Gasteiger partial charge on any atom is -0.495 e. The van der Waals surface area contributed by atoms with E-state index in [9.17, 15) is 4.79 Å². The summed E-state index contributed by atoms with van der Waals surface area (Å²) >= 11 is 0. The van der Waals surface area contributed by atoms with E-state index >= 15 is 0 Å². The van der Waals surface area contributed by atoms with Crippen LogP contribution >= 0.6 is 0 Å². The summed E-state index contributed by atoms with van der Waals surface area (Å²) < 4.78 is 7.28. The zero-order valence-electron chi connectivity index (χ0n) is 15.2. The Hall–Kier alpha value is -2.50. The molecular weight excluding hydrogens is 316 g/mol. The first-order valence-corrected chi connectivity index (χ1v) is 8.73. The summed E-state index contributed by atoms with van der Waals surface area (Å²) in [5.41, 5.74) is 3.35. The number of nitrogens with one attached hydrogen (secondary N) is 1. The van der Waals surface area contributed by atoms with Crippen molar-refractivity contribution in [1.82, 2.24) is 15.1 Å². The van der Waals surface area contributed by atoms with E-state index in [-0.39, 0.29) is 11.9 Å². The molecule has 0 bridgehead atoms. The number of methoxy groups -OCH3 is 1. The SMILES string of the molecule is COc1ccccc1N1CC[C@H](NC(=O)CCc2cnn(C)c2C)C1. The van der Waals surface area contributed by atoms with Gasteiger partial charge < -0.3 is 15.0 Å². The van der Waals surface area contributed by atoms with Gasteiger partial charge in [-0.3, -0.25) is 9.48 Å². The van der Waals surface area contributed by atoms with Gasteiger partial charge in [-0.1, -0.05) is 12.1 Å². The Morgan fingerprint density at radius 3 is 2.92 bits per heavy atom. The van der Waals surface area contributed by atoms with Crippen molar-refractivity contribution < 1.29 is 9.53 Å². The van der Waals surface area contributed by atoms with Crippen LogP contribution in [0.4, 0.5) is 5.69 Å². The summed E-state index contributed by atoms with van der Waals surface area (Å²) in [6.45, 7) is 3.77. The fourth-order valence-corrected chi connectivity index (χ4v) is 3.33. The zero-order valence-corrected chi connectivity index (χ0v) is 15.2. The fourth-order valence-electron chi connectivity index (χ4n) is 3.33. The first-order chi connectivity index (χ1) is 12.1. The maximum absolute atomic E-state index is 12.3. The molecule has 0 saturated carbocycles. The van der Waals surface area contributed by atoms with E-state index in [1.807, 2.05) is 43.0 Å². The van der Waals surface area contributed by atoms with Crippen molar-refractivity contribution in [3.05, 3.63) is 41.7 Å². The molecule has 1 aliphatic rings. The normalized spacial score (nSPS) is 16.9. The summed E-state index contributed by atoms with van der Waals surface area (Å²) in [7, 11) is 3.61. The van der Waals surface area contributed by atoms with Crippen LogP contribution in [0.25, 0.3) is 0 Å². The van der Waals surface area contributed by atoms with Crippen molar-refractivity contribution in [3.8, 4) is 5.75 Å². The Bertz CT molecular complexity index is 741. The number of rotatable bonds is 6. The van der Waals surface area contributed by atoms with Crippen LogP contribution in [-0.4, -0.2) is 41.9 Å². The van der Waals surface area contributed by atoms with Crippen LogP contribution in [-0.2, 0) is 18.3 Å². The molecule has 1 aromatic heterocycles. The van der Waals surface area contributed by atoms with Gasteiger partial charge in [-0.15, -0.1) is 0 Å². The zero-order chi connectivity index (χ0) is 17.8. The van der Waals surface area contributed by atoms with Crippen LogP contribution in [0.3, 0.4) is 0 Å². The van der Waals surface area contributed by atoms with E-state index in [0.29, 0.717) is 6.42 Å². The Morgan fingerprint density at radius 1 is 1.40 bits per heavy atom. The van der Waals surface area contributed by atoms with Crippen molar-refractivity contribution in [2.45, 2.75) is 32.2 Å². The second-order valence-corrected chi connectivity index (χ2v) is 6.55. The Morgan fingerprint density at radius 2 is 2.20 bits per heavy atom. The maximum atomic E-state index is 12.3. The van der Waals surface area contributed by atoms with E-state index < -0.39 is 0 Å². The Balaban J connectivity index is 1.51. The summed E-state index contributed by atoms with van der Waals surface area (Å²) in [6.07, 6.45) is 4.03. The lowest BCUT2D eigenvalue weighted by Gasteiger charge is -2.21. The summed E-state index contributed by atoms with van der Waals surface area (Å²) in [5.74, 6) is 0.983. The molecule has 0 unspecified atom stereocenters. The van der Waals surface area contributed by atoms with Crippen LogP contribution in [0.15, 0.2) is 30.5 Å². The highest BCUT2D eigenvalue weighted by molar-refractivity contribution is 5.76. The minimum absolute atomic E-state index is 0.107. The Labute approximate surface area is 148 Å². The second-order valence-electron chi connectivity index (χ2n) is 6.55. The summed E-state index contributed by atoms with van der Waals surface area (Å²) in [4.78, 5) is 14.5. The monoisotopic (exact) mass is 342 g/mol. The standard InChI is InChI=1S/C19H26N4O2/c1-14-15(12-20-22(14)2)8-9-19(24)21-16-10-11-23(13-16)17-6-4-5-7-18(17)25-3/h4-7,12,16H,8-11,13H2,1-3H3,(H,21,24)/t16-/m0/s1. The number of aromatic nitrogens is 2. The van der Waals surface area contributed by atoms with E-state index in [1.165, 1.54) is 0 Å². The molecule has 1 saturated heterocycles. The number of para-hydroxylation sites is 2. The third-order valence-corrected chi connectivity index (χ3v) is 4.94. The van der Waals surface area contributed by atoms with Crippen molar-refractivity contribution >= 4 is 11.6 Å². The highest BCUT2D eigenvalue weighted by Crippen LogP contribution is 2.30. The van der Waals surface area contributed by atoms with Crippen LogP contribution in [0, 0.1) is 6.92 Å². The number of carbonyl (C=O) groups excluding carboxylic acids is 1. The van der Waals surface area contributed by atoms with Gasteiger partial charge in [-0.2, -0.15) is 5.10 Å². The number of hydrogen-bond acceptors (Lipinski definition) is 4. The molecule has 3 rings (SSSR count). The van der Waals surface area contributed by atoms with E-state index in [0.717, 1.165) is 48.6 Å². The van der Waals surface area contributed by atoms with Gasteiger partial charge in [0.25, 0.3) is 0 Å². The third-order valence-electron chi connectivity index (χ3n) is 4.94. The maximum Gasteiger partial charge on any atom is 0.220 e. The number of benzene rings is 1. The molecule has 1 aromatic carbocycles. The van der Waals surface area contributed by atoms with Crippen molar-refractivity contribution in [2.75, 3.05) is 25.1 Å². The highest BCUT2D eigenvalue weighted by atomic mass is 16.5. The van der Waals surface area contributed by atoms with Gasteiger partial charge in [-0.05, 0) is 37.5 Å². The molecule has 6 nitrogen and oxygen atoms in total. The van der Waals surface area contributed by atoms with Crippen LogP contribution in [0.1, 0.15) is 24.1 Å². The first kappa shape index (κ1) is 17.3. The van der Waals surface area contributed by atoms with Crippen molar-refractivity contribution in [3.63, 3.8) is 0 Å². The summed E-state index contributed by atoms with van der Waals surface area (Å²) in [5, 5.41) is 7.39. The third kappa shape index (κ3) is 3.95. The van der Waals surface area contributed by atoms with E-state index in [4.69, 9.17) is 4.74 Å². The average Bonchev–Trinajstić information content (AvgIpc) is 3.21. The molecule has 2 heterocycles. The number of anilines is 1.